The number of nitrogens with two attached hydrogens (primary N) is 1. The van der Waals surface area contributed by atoms with Crippen molar-refractivity contribution in [1.82, 2.24) is 5.32 Å². The van der Waals surface area contributed by atoms with Crippen molar-refractivity contribution in [3.63, 3.8) is 0 Å². The van der Waals surface area contributed by atoms with Crippen LogP contribution >= 0.6 is 0 Å². The first-order valence-electron chi connectivity index (χ1n) is 3.83. The molecule has 0 aromatic heterocycles. The van der Waals surface area contributed by atoms with Crippen LogP contribution in [-0.4, -0.2) is 13.1 Å². The monoisotopic (exact) mass is 142 g/mol. The second-order valence-corrected chi connectivity index (χ2v) is 2.68. The zero-order chi connectivity index (χ0) is 7.98. The van der Waals surface area contributed by atoms with Gasteiger partial charge in [0.15, 0.2) is 0 Å². The molecule has 0 aromatic rings. The van der Waals surface area contributed by atoms with Gasteiger partial charge in [0.2, 0.25) is 0 Å². The molecule has 2 heteroatoms. The van der Waals surface area contributed by atoms with E-state index in [1.807, 2.05) is 0 Å². The van der Waals surface area contributed by atoms with Crippen LogP contribution in [0, 0.1) is 5.92 Å². The molecule has 1 atom stereocenters. The fourth-order valence-corrected chi connectivity index (χ4v) is 0.626. The molecule has 0 radical (unpaired) electrons. The SMILES string of the molecule is C=C(N)[C@H](C)CNCCC. The quantitative estimate of drug-likeness (QED) is 0.564. The van der Waals surface area contributed by atoms with Crippen LogP contribution in [-0.2, 0) is 0 Å². The lowest BCUT2D eigenvalue weighted by Crippen LogP contribution is -2.24. The molecule has 0 fully saturated rings. The van der Waals surface area contributed by atoms with Crippen LogP contribution in [0.1, 0.15) is 20.3 Å². The first-order valence-corrected chi connectivity index (χ1v) is 3.83. The van der Waals surface area contributed by atoms with Gasteiger partial charge in [-0.05, 0) is 13.0 Å². The Hall–Kier alpha value is -0.500. The molecule has 10 heavy (non-hydrogen) atoms. The van der Waals surface area contributed by atoms with E-state index in [0.717, 1.165) is 18.8 Å². The molecule has 0 saturated carbocycles. The summed E-state index contributed by atoms with van der Waals surface area (Å²) in [5.74, 6) is 0.395. The third-order valence-corrected chi connectivity index (χ3v) is 1.51. The van der Waals surface area contributed by atoms with E-state index in [1.54, 1.807) is 0 Å². The van der Waals surface area contributed by atoms with E-state index in [-0.39, 0.29) is 0 Å². The molecule has 0 unspecified atom stereocenters. The largest absolute Gasteiger partial charge is 0.402 e. The first kappa shape index (κ1) is 9.50. The molecule has 0 saturated heterocycles. The number of hydrogen-bond donors (Lipinski definition) is 2. The summed E-state index contributed by atoms with van der Waals surface area (Å²) in [6, 6.07) is 0. The van der Waals surface area contributed by atoms with Crippen molar-refractivity contribution in [2.75, 3.05) is 13.1 Å². The number of hydrogen-bond acceptors (Lipinski definition) is 2. The average Bonchev–Trinajstić information content (AvgIpc) is 1.88. The molecule has 60 valence electrons. The Balaban J connectivity index is 3.21. The summed E-state index contributed by atoms with van der Waals surface area (Å²) in [4.78, 5) is 0. The van der Waals surface area contributed by atoms with Crippen LogP contribution in [0.2, 0.25) is 0 Å². The molecule has 0 rings (SSSR count). The molecule has 3 N–H and O–H groups in total. The van der Waals surface area contributed by atoms with Crippen LogP contribution in [0.4, 0.5) is 0 Å². The van der Waals surface area contributed by atoms with Crippen molar-refractivity contribution in [3.8, 4) is 0 Å². The minimum Gasteiger partial charge on any atom is -0.402 e. The van der Waals surface area contributed by atoms with Crippen molar-refractivity contribution in [2.24, 2.45) is 11.7 Å². The van der Waals surface area contributed by atoms with Gasteiger partial charge in [0.25, 0.3) is 0 Å². The van der Waals surface area contributed by atoms with Crippen LogP contribution < -0.4 is 11.1 Å². The van der Waals surface area contributed by atoms with E-state index >= 15 is 0 Å². The molecule has 0 aliphatic rings. The molecule has 0 spiro atoms. The molecule has 2 nitrogen and oxygen atoms in total. The van der Waals surface area contributed by atoms with Gasteiger partial charge in [0.05, 0.1) is 0 Å². The maximum Gasteiger partial charge on any atom is 0.00751 e. The summed E-state index contributed by atoms with van der Waals surface area (Å²) >= 11 is 0. The van der Waals surface area contributed by atoms with Crippen LogP contribution in [0.25, 0.3) is 0 Å². The van der Waals surface area contributed by atoms with Gasteiger partial charge in [-0.1, -0.05) is 20.4 Å². The van der Waals surface area contributed by atoms with E-state index in [0.29, 0.717) is 5.92 Å². The van der Waals surface area contributed by atoms with Crippen molar-refractivity contribution in [3.05, 3.63) is 12.3 Å². The number of nitrogens with one attached hydrogen (secondary N) is 1. The fraction of sp³-hybridized carbons (Fsp3) is 0.750. The molecule has 0 aliphatic carbocycles. The maximum atomic E-state index is 5.48. The second kappa shape index (κ2) is 5.30. The molecular weight excluding hydrogens is 124 g/mol. The topological polar surface area (TPSA) is 38.0 Å². The summed E-state index contributed by atoms with van der Waals surface area (Å²) < 4.78 is 0. The highest BCUT2D eigenvalue weighted by Crippen LogP contribution is 1.98. The van der Waals surface area contributed by atoms with E-state index < -0.39 is 0 Å². The standard InChI is InChI=1S/C8H18N2/c1-4-5-10-6-7(2)8(3)9/h7,10H,3-6,9H2,1-2H3/t7-/m1/s1. The molecule has 0 heterocycles. The molecule has 0 bridgehead atoms. The highest BCUT2D eigenvalue weighted by Gasteiger charge is 2.00. The average molecular weight is 142 g/mol. The van der Waals surface area contributed by atoms with E-state index in [2.05, 4.69) is 25.7 Å². The minimum absolute atomic E-state index is 0.395. The molecule has 0 amide bonds. The van der Waals surface area contributed by atoms with E-state index in [9.17, 15) is 0 Å². The Bertz CT molecular complexity index is 99.4. The molecule has 0 aliphatic heterocycles. The van der Waals surface area contributed by atoms with Crippen molar-refractivity contribution in [2.45, 2.75) is 20.3 Å². The third-order valence-electron chi connectivity index (χ3n) is 1.51. The van der Waals surface area contributed by atoms with Gasteiger partial charge in [0.1, 0.15) is 0 Å². The second-order valence-electron chi connectivity index (χ2n) is 2.68. The summed E-state index contributed by atoms with van der Waals surface area (Å²) in [7, 11) is 0. The van der Waals surface area contributed by atoms with E-state index in [4.69, 9.17) is 5.73 Å². The Morgan fingerprint density at radius 3 is 2.70 bits per heavy atom. The summed E-state index contributed by atoms with van der Waals surface area (Å²) in [5.41, 5.74) is 6.25. The van der Waals surface area contributed by atoms with Gasteiger partial charge in [-0.15, -0.1) is 0 Å². The van der Waals surface area contributed by atoms with Crippen LogP contribution in [0.15, 0.2) is 12.3 Å². The summed E-state index contributed by atoms with van der Waals surface area (Å²) in [6.45, 7) is 9.91. The van der Waals surface area contributed by atoms with Crippen LogP contribution in [0.5, 0.6) is 0 Å². The fourth-order valence-electron chi connectivity index (χ4n) is 0.626. The van der Waals surface area contributed by atoms with Gasteiger partial charge in [-0.25, -0.2) is 0 Å². The molecular formula is C8H18N2. The Morgan fingerprint density at radius 1 is 1.70 bits per heavy atom. The lowest BCUT2D eigenvalue weighted by atomic mass is 10.1. The number of rotatable bonds is 5. The van der Waals surface area contributed by atoms with Crippen molar-refractivity contribution >= 4 is 0 Å². The Kier molecular flexibility index (Phi) is 5.03. The van der Waals surface area contributed by atoms with E-state index in [1.165, 1.54) is 6.42 Å². The highest BCUT2D eigenvalue weighted by molar-refractivity contribution is 4.92. The minimum atomic E-state index is 0.395. The molecule has 0 aromatic carbocycles. The summed E-state index contributed by atoms with van der Waals surface area (Å²) in [5, 5.41) is 3.28. The predicted octanol–water partition coefficient (Wildman–Crippen LogP) is 1.09. The van der Waals surface area contributed by atoms with Crippen LogP contribution in [0.3, 0.4) is 0 Å². The van der Waals surface area contributed by atoms with Crippen molar-refractivity contribution < 1.29 is 0 Å². The predicted molar refractivity (Wildman–Crippen MR) is 45.7 cm³/mol. The Morgan fingerprint density at radius 2 is 2.30 bits per heavy atom. The van der Waals surface area contributed by atoms with Gasteiger partial charge >= 0.3 is 0 Å². The van der Waals surface area contributed by atoms with Gasteiger partial charge in [-0.3, -0.25) is 0 Å². The smallest absolute Gasteiger partial charge is 0.00751 e. The van der Waals surface area contributed by atoms with Gasteiger partial charge < -0.3 is 11.1 Å². The maximum absolute atomic E-state index is 5.48. The zero-order valence-corrected chi connectivity index (χ0v) is 6.98. The third kappa shape index (κ3) is 4.39. The zero-order valence-electron chi connectivity index (χ0n) is 6.98. The van der Waals surface area contributed by atoms with Gasteiger partial charge in [-0.2, -0.15) is 0 Å². The lowest BCUT2D eigenvalue weighted by molar-refractivity contribution is 0.566. The van der Waals surface area contributed by atoms with Crippen molar-refractivity contribution in [1.29, 1.82) is 0 Å². The normalized spacial score (nSPS) is 13.0. The highest BCUT2D eigenvalue weighted by atomic mass is 14.9. The van der Waals surface area contributed by atoms with Gasteiger partial charge in [0, 0.05) is 18.2 Å². The lowest BCUT2D eigenvalue weighted by Gasteiger charge is -2.10. The Labute approximate surface area is 63.5 Å². The first-order chi connectivity index (χ1) is 4.68. The summed E-state index contributed by atoms with van der Waals surface area (Å²) in [6.07, 6.45) is 1.17.